The molecule has 2 aliphatic heterocycles. The van der Waals surface area contributed by atoms with E-state index in [9.17, 15) is 0 Å². The number of hydrogen-bond acceptors (Lipinski definition) is 3. The summed E-state index contributed by atoms with van der Waals surface area (Å²) in [6, 6.07) is 2.85. The van der Waals surface area contributed by atoms with E-state index in [0.717, 1.165) is 44.3 Å². The molecule has 0 aromatic heterocycles. The summed E-state index contributed by atoms with van der Waals surface area (Å²) in [6.45, 7) is 8.79. The van der Waals surface area contributed by atoms with Gasteiger partial charge in [0.1, 0.15) is 12.4 Å². The third-order valence-electron chi connectivity index (χ3n) is 5.38. The molecular weight excluding hydrogens is 272 g/mol. The minimum absolute atomic E-state index is 0.493. The average molecular weight is 300 g/mol. The first kappa shape index (κ1) is 14.4. The first-order valence-corrected chi connectivity index (χ1v) is 9.08. The lowest BCUT2D eigenvalue weighted by molar-refractivity contribution is 0.269. The number of nitrogens with zero attached hydrogens (tertiary/aromatic N) is 1. The van der Waals surface area contributed by atoms with Crippen molar-refractivity contribution in [3.05, 3.63) is 22.8 Å². The van der Waals surface area contributed by atoms with E-state index in [1.165, 1.54) is 36.9 Å². The van der Waals surface area contributed by atoms with Crippen molar-refractivity contribution in [2.24, 2.45) is 0 Å². The Bertz CT molecular complexity index is 565. The van der Waals surface area contributed by atoms with Crippen LogP contribution >= 0.6 is 0 Å². The largest absolute Gasteiger partial charge is 0.489 e. The standard InChI is InChI=1S/C19H28N2O/c1-3-10-21-13(2)12-22-17-11-15-6-8-20-9-7-16(15)18(19(17)21)14-4-5-14/h11,13-14,20H,3-10,12H2,1-2H3/t13-/m1/s1. The maximum absolute atomic E-state index is 6.18. The van der Waals surface area contributed by atoms with Gasteiger partial charge in [0, 0.05) is 6.54 Å². The summed E-state index contributed by atoms with van der Waals surface area (Å²) < 4.78 is 6.18. The second-order valence-corrected chi connectivity index (χ2v) is 7.15. The predicted octanol–water partition coefficient (Wildman–Crippen LogP) is 3.25. The molecule has 1 aliphatic carbocycles. The normalized spacial score (nSPS) is 24.3. The molecule has 0 radical (unpaired) electrons. The van der Waals surface area contributed by atoms with Crippen LogP contribution in [0.5, 0.6) is 5.75 Å². The Morgan fingerprint density at radius 1 is 1.27 bits per heavy atom. The third-order valence-corrected chi connectivity index (χ3v) is 5.38. The molecule has 0 amide bonds. The predicted molar refractivity (Wildman–Crippen MR) is 91.3 cm³/mol. The summed E-state index contributed by atoms with van der Waals surface area (Å²) in [5, 5.41) is 3.56. The average Bonchev–Trinajstić information content (AvgIpc) is 3.34. The highest BCUT2D eigenvalue weighted by atomic mass is 16.5. The molecule has 0 spiro atoms. The van der Waals surface area contributed by atoms with Gasteiger partial charge in [-0.2, -0.15) is 0 Å². The van der Waals surface area contributed by atoms with E-state index in [0.29, 0.717) is 6.04 Å². The van der Waals surface area contributed by atoms with Crippen LogP contribution in [0.15, 0.2) is 6.07 Å². The van der Waals surface area contributed by atoms with Crippen LogP contribution in [0.4, 0.5) is 5.69 Å². The monoisotopic (exact) mass is 300 g/mol. The summed E-state index contributed by atoms with van der Waals surface area (Å²) in [5.74, 6) is 1.95. The van der Waals surface area contributed by atoms with E-state index in [4.69, 9.17) is 4.74 Å². The molecule has 1 N–H and O–H groups in total. The van der Waals surface area contributed by atoms with E-state index in [-0.39, 0.29) is 0 Å². The molecule has 120 valence electrons. The molecule has 2 heterocycles. The number of rotatable bonds is 3. The second-order valence-electron chi connectivity index (χ2n) is 7.15. The minimum atomic E-state index is 0.493. The van der Waals surface area contributed by atoms with Crippen molar-refractivity contribution in [3.8, 4) is 5.75 Å². The van der Waals surface area contributed by atoms with Gasteiger partial charge in [-0.15, -0.1) is 0 Å². The van der Waals surface area contributed by atoms with Crippen LogP contribution in [-0.4, -0.2) is 32.3 Å². The Hall–Kier alpha value is -1.22. The number of nitrogens with one attached hydrogen (secondary N) is 1. The van der Waals surface area contributed by atoms with E-state index >= 15 is 0 Å². The molecule has 1 fully saturated rings. The zero-order valence-electron chi connectivity index (χ0n) is 14.0. The summed E-state index contributed by atoms with van der Waals surface area (Å²) in [7, 11) is 0. The topological polar surface area (TPSA) is 24.5 Å². The number of anilines is 1. The maximum atomic E-state index is 6.18. The van der Waals surface area contributed by atoms with Gasteiger partial charge in [-0.1, -0.05) is 6.92 Å². The third kappa shape index (κ3) is 2.40. The lowest BCUT2D eigenvalue weighted by Crippen LogP contribution is -2.42. The molecule has 3 nitrogen and oxygen atoms in total. The molecule has 1 aromatic carbocycles. The molecule has 3 heteroatoms. The lowest BCUT2D eigenvalue weighted by atomic mass is 9.90. The minimum Gasteiger partial charge on any atom is -0.489 e. The van der Waals surface area contributed by atoms with Crippen LogP contribution in [0, 0.1) is 0 Å². The maximum Gasteiger partial charge on any atom is 0.143 e. The molecule has 0 saturated heterocycles. The molecular formula is C19H28N2O. The smallest absolute Gasteiger partial charge is 0.143 e. The van der Waals surface area contributed by atoms with Crippen molar-refractivity contribution in [3.63, 3.8) is 0 Å². The molecule has 4 rings (SSSR count). The van der Waals surface area contributed by atoms with Gasteiger partial charge in [0.15, 0.2) is 0 Å². The Kier molecular flexibility index (Phi) is 3.77. The summed E-state index contributed by atoms with van der Waals surface area (Å²) >= 11 is 0. The Balaban J connectivity index is 1.88. The van der Waals surface area contributed by atoms with Crippen LogP contribution in [0.25, 0.3) is 0 Å². The van der Waals surface area contributed by atoms with Crippen molar-refractivity contribution >= 4 is 5.69 Å². The molecule has 3 aliphatic rings. The number of benzene rings is 1. The number of fused-ring (bicyclic) bond motifs is 2. The lowest BCUT2D eigenvalue weighted by Gasteiger charge is -2.39. The first-order chi connectivity index (χ1) is 10.8. The Morgan fingerprint density at radius 3 is 2.86 bits per heavy atom. The molecule has 0 unspecified atom stereocenters. The van der Waals surface area contributed by atoms with Crippen molar-refractivity contribution in [1.29, 1.82) is 0 Å². The van der Waals surface area contributed by atoms with Gasteiger partial charge >= 0.3 is 0 Å². The van der Waals surface area contributed by atoms with Gasteiger partial charge in [-0.25, -0.2) is 0 Å². The molecule has 1 aromatic rings. The Labute approximate surface area is 134 Å². The highest BCUT2D eigenvalue weighted by Gasteiger charge is 2.36. The molecule has 22 heavy (non-hydrogen) atoms. The fraction of sp³-hybridized carbons (Fsp3) is 0.684. The quantitative estimate of drug-likeness (QED) is 0.927. The van der Waals surface area contributed by atoms with Gasteiger partial charge in [0.05, 0.1) is 11.7 Å². The fourth-order valence-corrected chi connectivity index (χ4v) is 4.15. The van der Waals surface area contributed by atoms with Crippen LogP contribution in [-0.2, 0) is 12.8 Å². The second kappa shape index (κ2) is 5.77. The van der Waals surface area contributed by atoms with Crippen molar-refractivity contribution < 1.29 is 4.74 Å². The van der Waals surface area contributed by atoms with Crippen molar-refractivity contribution in [2.45, 2.75) is 57.9 Å². The van der Waals surface area contributed by atoms with Gasteiger partial charge in [-0.05, 0) is 80.8 Å². The molecule has 0 bridgehead atoms. The summed E-state index contributed by atoms with van der Waals surface area (Å²) in [6.07, 6.45) is 6.26. The van der Waals surface area contributed by atoms with Crippen LogP contribution in [0.1, 0.15) is 55.7 Å². The molecule has 1 saturated carbocycles. The van der Waals surface area contributed by atoms with E-state index < -0.39 is 0 Å². The Morgan fingerprint density at radius 2 is 2.09 bits per heavy atom. The molecule has 1 atom stereocenters. The zero-order chi connectivity index (χ0) is 15.1. The highest BCUT2D eigenvalue weighted by Crippen LogP contribution is 2.52. The van der Waals surface area contributed by atoms with Gasteiger partial charge in [-0.3, -0.25) is 0 Å². The van der Waals surface area contributed by atoms with Crippen molar-refractivity contribution in [1.82, 2.24) is 5.32 Å². The van der Waals surface area contributed by atoms with E-state index in [2.05, 4.69) is 30.1 Å². The van der Waals surface area contributed by atoms with Crippen molar-refractivity contribution in [2.75, 3.05) is 31.1 Å². The summed E-state index contributed by atoms with van der Waals surface area (Å²) in [5.41, 5.74) is 6.28. The van der Waals surface area contributed by atoms with Crippen LogP contribution in [0.3, 0.4) is 0 Å². The van der Waals surface area contributed by atoms with Gasteiger partial charge < -0.3 is 15.0 Å². The van der Waals surface area contributed by atoms with Gasteiger partial charge in [0.25, 0.3) is 0 Å². The summed E-state index contributed by atoms with van der Waals surface area (Å²) in [4.78, 5) is 2.63. The van der Waals surface area contributed by atoms with Crippen LogP contribution in [0.2, 0.25) is 0 Å². The van der Waals surface area contributed by atoms with E-state index in [1.54, 1.807) is 11.1 Å². The highest BCUT2D eigenvalue weighted by molar-refractivity contribution is 5.71. The van der Waals surface area contributed by atoms with Crippen LogP contribution < -0.4 is 15.0 Å². The first-order valence-electron chi connectivity index (χ1n) is 9.08. The zero-order valence-corrected chi connectivity index (χ0v) is 14.0. The SMILES string of the molecule is CCCN1c2c(cc3c(c2C2CC2)CCNCC3)OC[C@H]1C. The number of hydrogen-bond donors (Lipinski definition) is 1. The number of ether oxygens (including phenoxy) is 1. The van der Waals surface area contributed by atoms with E-state index in [1.807, 2.05) is 0 Å². The van der Waals surface area contributed by atoms with Gasteiger partial charge in [0.2, 0.25) is 0 Å². The fourth-order valence-electron chi connectivity index (χ4n) is 4.15.